The molecule has 1 aromatic carbocycles. The zero-order chi connectivity index (χ0) is 20.3. The Balaban J connectivity index is 2.30. The highest BCUT2D eigenvalue weighted by Gasteiger charge is 2.27. The minimum atomic E-state index is -0.623. The smallest absolute Gasteiger partial charge is 0.254 e. The summed E-state index contributed by atoms with van der Waals surface area (Å²) in [6, 6.07) is 3.86. The summed E-state index contributed by atoms with van der Waals surface area (Å²) >= 11 is 0. The number of hydrogen-bond donors (Lipinski definition) is 2. The van der Waals surface area contributed by atoms with E-state index in [-0.39, 0.29) is 11.4 Å². The highest BCUT2D eigenvalue weighted by molar-refractivity contribution is 6.16. The quantitative estimate of drug-likeness (QED) is 0.568. The van der Waals surface area contributed by atoms with E-state index in [9.17, 15) is 4.79 Å². The molecule has 0 bridgehead atoms. The maximum Gasteiger partial charge on any atom is 0.254 e. The lowest BCUT2D eigenvalue weighted by Crippen LogP contribution is -2.14. The van der Waals surface area contributed by atoms with Crippen molar-refractivity contribution in [1.29, 1.82) is 0 Å². The third-order valence-corrected chi connectivity index (χ3v) is 5.24. The molecule has 0 fully saturated rings. The Kier molecular flexibility index (Phi) is 3.81. The number of hydrogen-bond acceptors (Lipinski definition) is 5. The zero-order valence-corrected chi connectivity index (χ0v) is 16.5. The van der Waals surface area contributed by atoms with Crippen LogP contribution in [-0.4, -0.2) is 32.1 Å². The molecule has 0 aliphatic carbocycles. The molecule has 0 atom stereocenters. The van der Waals surface area contributed by atoms with Gasteiger partial charge in [-0.3, -0.25) is 9.36 Å². The van der Waals surface area contributed by atoms with Gasteiger partial charge in [0.25, 0.3) is 5.91 Å². The van der Waals surface area contributed by atoms with Crippen LogP contribution in [-0.2, 0) is 7.05 Å². The van der Waals surface area contributed by atoms with Gasteiger partial charge in [0.1, 0.15) is 33.7 Å². The summed E-state index contributed by atoms with van der Waals surface area (Å²) in [4.78, 5) is 21.5. The molecule has 0 saturated carbocycles. The first kappa shape index (κ1) is 17.8. The first-order valence-electron chi connectivity index (χ1n) is 8.83. The second-order valence-electron chi connectivity index (χ2n) is 6.97. The Labute approximate surface area is 161 Å². The summed E-state index contributed by atoms with van der Waals surface area (Å²) in [5.74, 6) is 0.341. The Morgan fingerprint density at radius 2 is 1.86 bits per heavy atom. The van der Waals surface area contributed by atoms with E-state index in [2.05, 4.69) is 9.97 Å². The number of aromatic nitrogens is 4. The van der Waals surface area contributed by atoms with Gasteiger partial charge in [-0.1, -0.05) is 6.07 Å². The molecule has 0 saturated heterocycles. The molecule has 0 unspecified atom stereocenters. The molecule has 3 aromatic heterocycles. The molecule has 4 rings (SSSR count). The summed E-state index contributed by atoms with van der Waals surface area (Å²) < 4.78 is 9.22. The number of nitrogen functional groups attached to an aromatic ring is 1. The lowest BCUT2D eigenvalue weighted by Gasteiger charge is -2.17. The molecule has 4 aromatic rings. The summed E-state index contributed by atoms with van der Waals surface area (Å²) in [7, 11) is 3.53. The molecule has 0 radical (unpaired) electrons. The second-order valence-corrected chi connectivity index (χ2v) is 6.97. The van der Waals surface area contributed by atoms with Crippen LogP contribution in [0.2, 0.25) is 0 Å². The van der Waals surface area contributed by atoms with Gasteiger partial charge in [0, 0.05) is 12.6 Å². The summed E-state index contributed by atoms with van der Waals surface area (Å²) in [6.45, 7) is 5.81. The van der Waals surface area contributed by atoms with E-state index >= 15 is 0 Å². The fraction of sp³-hybridized carbons (Fsp3) is 0.250. The highest BCUT2D eigenvalue weighted by Crippen LogP contribution is 2.38. The topological polar surface area (TPSA) is 114 Å². The van der Waals surface area contributed by atoms with Crippen molar-refractivity contribution in [3.8, 4) is 11.4 Å². The summed E-state index contributed by atoms with van der Waals surface area (Å²) in [5, 5.41) is 0. The molecule has 8 nitrogen and oxygen atoms in total. The molecule has 3 heterocycles. The molecule has 28 heavy (non-hydrogen) atoms. The van der Waals surface area contributed by atoms with Crippen molar-refractivity contribution in [3.63, 3.8) is 0 Å². The van der Waals surface area contributed by atoms with Crippen molar-refractivity contribution in [2.45, 2.75) is 20.8 Å². The van der Waals surface area contributed by atoms with E-state index in [1.165, 1.54) is 0 Å². The number of nitrogens with two attached hydrogens (primary N) is 2. The van der Waals surface area contributed by atoms with Crippen LogP contribution < -0.4 is 16.2 Å². The predicted octanol–water partition coefficient (Wildman–Crippen LogP) is 2.53. The first-order valence-corrected chi connectivity index (χ1v) is 8.83. The monoisotopic (exact) mass is 378 g/mol. The molecule has 1 amide bonds. The van der Waals surface area contributed by atoms with Crippen LogP contribution in [0.25, 0.3) is 27.8 Å². The number of ether oxygens (including phenoxy) is 1. The molecular formula is C20H22N6O2. The molecular weight excluding hydrogens is 356 g/mol. The van der Waals surface area contributed by atoms with Crippen LogP contribution in [0.1, 0.15) is 27.2 Å². The van der Waals surface area contributed by atoms with Crippen molar-refractivity contribution in [3.05, 3.63) is 40.8 Å². The third kappa shape index (κ3) is 2.20. The van der Waals surface area contributed by atoms with Crippen LogP contribution in [0.15, 0.2) is 18.5 Å². The SMILES string of the molecule is COc1ccc(C)c(-n2c(N)c(C(N)=O)c3nc(C)c4c(ncn4C)c32)c1C. The van der Waals surface area contributed by atoms with Crippen LogP contribution >= 0.6 is 0 Å². The van der Waals surface area contributed by atoms with Gasteiger partial charge >= 0.3 is 0 Å². The Hall–Kier alpha value is -3.55. The number of aryl methyl sites for hydroxylation is 3. The number of carbonyl (C=O) groups is 1. The number of pyridine rings is 1. The van der Waals surface area contributed by atoms with Crippen LogP contribution in [0.4, 0.5) is 5.82 Å². The highest BCUT2D eigenvalue weighted by atomic mass is 16.5. The van der Waals surface area contributed by atoms with Crippen molar-refractivity contribution in [2.24, 2.45) is 12.8 Å². The van der Waals surface area contributed by atoms with Gasteiger partial charge in [-0.25, -0.2) is 9.97 Å². The van der Waals surface area contributed by atoms with E-state index in [1.807, 2.05) is 49.1 Å². The van der Waals surface area contributed by atoms with E-state index in [0.717, 1.165) is 33.8 Å². The molecule has 0 aliphatic rings. The Bertz CT molecular complexity index is 1280. The average Bonchev–Trinajstić information content (AvgIpc) is 3.14. The first-order chi connectivity index (χ1) is 13.3. The van der Waals surface area contributed by atoms with Gasteiger partial charge in [-0.05, 0) is 32.4 Å². The summed E-state index contributed by atoms with van der Waals surface area (Å²) in [5.41, 5.74) is 18.5. The van der Waals surface area contributed by atoms with Gasteiger partial charge in [0.05, 0.1) is 30.3 Å². The average molecular weight is 378 g/mol. The molecule has 8 heteroatoms. The van der Waals surface area contributed by atoms with Crippen molar-refractivity contribution >= 4 is 33.8 Å². The normalized spacial score (nSPS) is 11.5. The number of fused-ring (bicyclic) bond motifs is 3. The van der Waals surface area contributed by atoms with Crippen LogP contribution in [0.5, 0.6) is 5.75 Å². The van der Waals surface area contributed by atoms with Crippen LogP contribution in [0, 0.1) is 20.8 Å². The number of nitrogens with zero attached hydrogens (tertiary/aromatic N) is 4. The maximum absolute atomic E-state index is 12.3. The fourth-order valence-electron chi connectivity index (χ4n) is 4.01. The minimum absolute atomic E-state index is 0.201. The van der Waals surface area contributed by atoms with E-state index < -0.39 is 5.91 Å². The standard InChI is InChI=1S/C20H22N6O2/c1-9-6-7-12(28-5)10(2)16(9)26-18-14(13(19(26)21)20(22)27)24-11(3)17-15(18)23-8-25(17)4/h6-8H,21H2,1-5H3,(H2,22,27). The molecule has 0 aliphatic heterocycles. The number of benzene rings is 1. The number of primary amides is 1. The number of rotatable bonds is 3. The van der Waals surface area contributed by atoms with Crippen molar-refractivity contribution in [1.82, 2.24) is 19.1 Å². The Morgan fingerprint density at radius 1 is 1.14 bits per heavy atom. The molecule has 0 spiro atoms. The molecule has 4 N–H and O–H groups in total. The lowest BCUT2D eigenvalue weighted by atomic mass is 10.1. The minimum Gasteiger partial charge on any atom is -0.496 e. The largest absolute Gasteiger partial charge is 0.496 e. The lowest BCUT2D eigenvalue weighted by molar-refractivity contribution is 0.100. The predicted molar refractivity (Wildman–Crippen MR) is 109 cm³/mol. The number of amides is 1. The molecule has 144 valence electrons. The number of carbonyl (C=O) groups excluding carboxylic acids is 1. The zero-order valence-electron chi connectivity index (χ0n) is 16.5. The van der Waals surface area contributed by atoms with E-state index in [4.69, 9.17) is 16.2 Å². The fourth-order valence-corrected chi connectivity index (χ4v) is 4.01. The number of anilines is 1. The van der Waals surface area contributed by atoms with Gasteiger partial charge in [0.2, 0.25) is 0 Å². The van der Waals surface area contributed by atoms with Gasteiger partial charge < -0.3 is 20.8 Å². The maximum atomic E-state index is 12.3. The van der Waals surface area contributed by atoms with Crippen LogP contribution in [0.3, 0.4) is 0 Å². The second kappa shape index (κ2) is 5.98. The Morgan fingerprint density at radius 3 is 2.50 bits per heavy atom. The van der Waals surface area contributed by atoms with E-state index in [0.29, 0.717) is 16.6 Å². The van der Waals surface area contributed by atoms with Gasteiger partial charge in [0.15, 0.2) is 0 Å². The van der Waals surface area contributed by atoms with Gasteiger partial charge in [-0.2, -0.15) is 0 Å². The van der Waals surface area contributed by atoms with E-state index in [1.54, 1.807) is 13.4 Å². The number of imidazole rings is 1. The van der Waals surface area contributed by atoms with Gasteiger partial charge in [-0.15, -0.1) is 0 Å². The summed E-state index contributed by atoms with van der Waals surface area (Å²) in [6.07, 6.45) is 1.72. The number of methoxy groups -OCH3 is 1. The third-order valence-electron chi connectivity index (χ3n) is 5.24. The van der Waals surface area contributed by atoms with Crippen molar-refractivity contribution < 1.29 is 9.53 Å². The van der Waals surface area contributed by atoms with Crippen molar-refractivity contribution in [2.75, 3.05) is 12.8 Å².